The third-order valence-electron chi connectivity index (χ3n) is 2.68. The van der Waals surface area contributed by atoms with Crippen molar-refractivity contribution < 1.29 is 4.74 Å². The Morgan fingerprint density at radius 2 is 1.93 bits per heavy atom. The van der Waals surface area contributed by atoms with Crippen molar-refractivity contribution in [2.75, 3.05) is 7.11 Å². The molecule has 0 aliphatic heterocycles. The molecule has 0 unspecified atom stereocenters. The van der Waals surface area contributed by atoms with Crippen molar-refractivity contribution >= 4 is 10.9 Å². The molecule has 2 aromatic rings. The van der Waals surface area contributed by atoms with Crippen molar-refractivity contribution in [2.24, 2.45) is 7.05 Å². The molecule has 78 valence electrons. The number of hydrogen-bond donors (Lipinski definition) is 0. The molecule has 3 nitrogen and oxygen atoms in total. The van der Waals surface area contributed by atoms with Gasteiger partial charge in [-0.3, -0.25) is 4.79 Å². The minimum Gasteiger partial charge on any atom is -0.495 e. The second-order valence-electron chi connectivity index (χ2n) is 3.58. The first-order chi connectivity index (χ1) is 7.15. The van der Waals surface area contributed by atoms with Crippen LogP contribution in [0, 0.1) is 6.92 Å². The molecule has 3 heteroatoms. The van der Waals surface area contributed by atoms with E-state index in [0.717, 1.165) is 22.2 Å². The van der Waals surface area contributed by atoms with Gasteiger partial charge in [0.05, 0.1) is 12.6 Å². The number of benzene rings is 1. The zero-order valence-corrected chi connectivity index (χ0v) is 9.07. The summed E-state index contributed by atoms with van der Waals surface area (Å²) < 4.78 is 6.87. The zero-order chi connectivity index (χ0) is 11.0. The fourth-order valence-corrected chi connectivity index (χ4v) is 1.79. The molecule has 0 amide bonds. The lowest BCUT2D eigenvalue weighted by Gasteiger charge is -2.10. The molecule has 0 spiro atoms. The third kappa shape index (κ3) is 1.40. The number of aromatic nitrogens is 1. The minimum absolute atomic E-state index is 0.0219. The Labute approximate surface area is 87.9 Å². The Morgan fingerprint density at radius 1 is 1.20 bits per heavy atom. The number of hydrogen-bond acceptors (Lipinski definition) is 2. The number of rotatable bonds is 1. The fraction of sp³-hybridized carbons (Fsp3) is 0.250. The highest BCUT2D eigenvalue weighted by molar-refractivity contribution is 5.87. The van der Waals surface area contributed by atoms with Crippen molar-refractivity contribution in [1.29, 1.82) is 0 Å². The Kier molecular flexibility index (Phi) is 2.23. The molecular weight excluding hydrogens is 190 g/mol. The van der Waals surface area contributed by atoms with Crippen LogP contribution in [0.25, 0.3) is 10.9 Å². The van der Waals surface area contributed by atoms with E-state index in [1.54, 1.807) is 24.8 Å². The van der Waals surface area contributed by atoms with Gasteiger partial charge < -0.3 is 9.30 Å². The molecule has 0 fully saturated rings. The smallest absolute Gasteiger partial charge is 0.250 e. The second kappa shape index (κ2) is 3.42. The molecule has 0 N–H and O–H groups in total. The Balaban J connectivity index is 3.02. The van der Waals surface area contributed by atoms with E-state index in [9.17, 15) is 4.79 Å². The van der Waals surface area contributed by atoms with Gasteiger partial charge in [0, 0.05) is 18.5 Å². The van der Waals surface area contributed by atoms with Crippen molar-refractivity contribution in [3.05, 3.63) is 40.2 Å². The van der Waals surface area contributed by atoms with Crippen molar-refractivity contribution in [1.82, 2.24) is 4.57 Å². The number of aryl methyl sites for hydroxylation is 2. The van der Waals surface area contributed by atoms with Gasteiger partial charge in [0.25, 0.3) is 5.56 Å². The van der Waals surface area contributed by atoms with Gasteiger partial charge in [0.15, 0.2) is 0 Å². The molecule has 0 bridgehead atoms. The molecule has 0 atom stereocenters. The SMILES string of the molecule is COc1ccc(C)c2ccc(=O)n(C)c12. The first-order valence-electron chi connectivity index (χ1n) is 4.78. The quantitative estimate of drug-likeness (QED) is 0.708. The Bertz CT molecular complexity index is 570. The van der Waals surface area contributed by atoms with Crippen LogP contribution in [0.3, 0.4) is 0 Å². The molecule has 0 aliphatic carbocycles. The summed E-state index contributed by atoms with van der Waals surface area (Å²) in [4.78, 5) is 11.5. The highest BCUT2D eigenvalue weighted by Crippen LogP contribution is 2.26. The molecule has 1 aromatic heterocycles. The van der Waals surface area contributed by atoms with Crippen LogP contribution in [0.1, 0.15) is 5.56 Å². The van der Waals surface area contributed by atoms with E-state index in [1.807, 2.05) is 25.1 Å². The summed E-state index contributed by atoms with van der Waals surface area (Å²) in [6.07, 6.45) is 0. The highest BCUT2D eigenvalue weighted by Gasteiger charge is 2.07. The van der Waals surface area contributed by atoms with Crippen LogP contribution in [-0.4, -0.2) is 11.7 Å². The molecule has 0 saturated carbocycles. The summed E-state index contributed by atoms with van der Waals surface area (Å²) in [5.74, 6) is 0.732. The summed E-state index contributed by atoms with van der Waals surface area (Å²) in [6, 6.07) is 7.30. The maximum Gasteiger partial charge on any atom is 0.250 e. The first-order valence-corrected chi connectivity index (χ1v) is 4.78. The largest absolute Gasteiger partial charge is 0.495 e. The van der Waals surface area contributed by atoms with Crippen LogP contribution >= 0.6 is 0 Å². The van der Waals surface area contributed by atoms with Crippen LogP contribution in [0.15, 0.2) is 29.1 Å². The molecule has 15 heavy (non-hydrogen) atoms. The second-order valence-corrected chi connectivity index (χ2v) is 3.58. The van der Waals surface area contributed by atoms with Crippen LogP contribution in [0.5, 0.6) is 5.75 Å². The molecule has 0 radical (unpaired) electrons. The lowest BCUT2D eigenvalue weighted by Crippen LogP contribution is -2.15. The van der Waals surface area contributed by atoms with E-state index in [-0.39, 0.29) is 5.56 Å². The van der Waals surface area contributed by atoms with Crippen molar-refractivity contribution in [3.8, 4) is 5.75 Å². The van der Waals surface area contributed by atoms with Crippen LogP contribution in [-0.2, 0) is 7.05 Å². The molecular formula is C12H13NO2. The number of methoxy groups -OCH3 is 1. The standard InChI is InChI=1S/C12H13NO2/c1-8-4-6-10(15-3)12-9(8)5-7-11(14)13(12)2/h4-7H,1-3H3. The molecule has 1 heterocycles. The molecule has 0 saturated heterocycles. The van der Waals surface area contributed by atoms with Crippen molar-refractivity contribution in [2.45, 2.75) is 6.92 Å². The maximum absolute atomic E-state index is 11.5. The fourth-order valence-electron chi connectivity index (χ4n) is 1.79. The number of fused-ring (bicyclic) bond motifs is 1. The molecule has 2 rings (SSSR count). The monoisotopic (exact) mass is 203 g/mol. The number of ether oxygens (including phenoxy) is 1. The van der Waals surface area contributed by atoms with E-state index in [2.05, 4.69) is 0 Å². The summed E-state index contributed by atoms with van der Waals surface area (Å²) in [7, 11) is 3.37. The predicted molar refractivity (Wildman–Crippen MR) is 60.5 cm³/mol. The van der Waals surface area contributed by atoms with Crippen LogP contribution in [0.2, 0.25) is 0 Å². The van der Waals surface area contributed by atoms with Gasteiger partial charge in [0.2, 0.25) is 0 Å². The van der Waals surface area contributed by atoms with E-state index in [4.69, 9.17) is 4.74 Å². The summed E-state index contributed by atoms with van der Waals surface area (Å²) in [5.41, 5.74) is 1.97. The Hall–Kier alpha value is -1.77. The topological polar surface area (TPSA) is 31.2 Å². The predicted octanol–water partition coefficient (Wildman–Crippen LogP) is 1.86. The average Bonchev–Trinajstić information content (AvgIpc) is 2.24. The minimum atomic E-state index is -0.0219. The van der Waals surface area contributed by atoms with E-state index in [1.165, 1.54) is 0 Å². The third-order valence-corrected chi connectivity index (χ3v) is 2.68. The van der Waals surface area contributed by atoms with Crippen molar-refractivity contribution in [3.63, 3.8) is 0 Å². The van der Waals surface area contributed by atoms with Crippen LogP contribution in [0.4, 0.5) is 0 Å². The van der Waals surface area contributed by atoms with Gasteiger partial charge in [-0.1, -0.05) is 6.07 Å². The molecule has 1 aromatic carbocycles. The number of pyridine rings is 1. The van der Waals surface area contributed by atoms with Gasteiger partial charge in [-0.2, -0.15) is 0 Å². The summed E-state index contributed by atoms with van der Waals surface area (Å²) >= 11 is 0. The summed E-state index contributed by atoms with van der Waals surface area (Å²) in [5, 5.41) is 1.05. The Morgan fingerprint density at radius 3 is 2.60 bits per heavy atom. The maximum atomic E-state index is 11.5. The van der Waals surface area contributed by atoms with Gasteiger partial charge in [-0.05, 0) is 24.6 Å². The highest BCUT2D eigenvalue weighted by atomic mass is 16.5. The number of nitrogens with zero attached hydrogens (tertiary/aromatic N) is 1. The van der Waals surface area contributed by atoms with Gasteiger partial charge in [0.1, 0.15) is 5.75 Å². The normalized spacial score (nSPS) is 10.6. The lowest BCUT2D eigenvalue weighted by molar-refractivity contribution is 0.417. The zero-order valence-electron chi connectivity index (χ0n) is 9.07. The van der Waals surface area contributed by atoms with E-state index in [0.29, 0.717) is 0 Å². The molecule has 0 aliphatic rings. The van der Waals surface area contributed by atoms with E-state index < -0.39 is 0 Å². The first kappa shape index (κ1) is 9.77. The average molecular weight is 203 g/mol. The van der Waals surface area contributed by atoms with Crippen LogP contribution < -0.4 is 10.3 Å². The lowest BCUT2D eigenvalue weighted by atomic mass is 10.1. The van der Waals surface area contributed by atoms with Gasteiger partial charge in [-0.25, -0.2) is 0 Å². The van der Waals surface area contributed by atoms with Gasteiger partial charge in [-0.15, -0.1) is 0 Å². The van der Waals surface area contributed by atoms with E-state index >= 15 is 0 Å². The summed E-state index contributed by atoms with van der Waals surface area (Å²) in [6.45, 7) is 2.02. The van der Waals surface area contributed by atoms with Gasteiger partial charge >= 0.3 is 0 Å².